The van der Waals surface area contributed by atoms with Crippen LogP contribution in [0.4, 0.5) is 14.2 Å². The van der Waals surface area contributed by atoms with Crippen molar-refractivity contribution < 1.29 is 28.9 Å². The van der Waals surface area contributed by atoms with Gasteiger partial charge in [-0.2, -0.15) is 4.37 Å². The number of nitrogens with one attached hydrogen (secondary N) is 2. The number of aliphatic hydroxyl groups is 1. The Kier molecular flexibility index (Phi) is 10.7. The minimum atomic E-state index is -1.32. The van der Waals surface area contributed by atoms with E-state index in [-0.39, 0.29) is 35.2 Å². The van der Waals surface area contributed by atoms with E-state index in [1.54, 1.807) is 6.92 Å². The van der Waals surface area contributed by atoms with Crippen LogP contribution < -0.4 is 15.4 Å². The fraction of sp³-hybridized carbons (Fsp3) is 0.522. The Morgan fingerprint density at radius 2 is 1.89 bits per heavy atom. The minimum Gasteiger partial charge on any atom is -0.477 e. The van der Waals surface area contributed by atoms with E-state index in [9.17, 15) is 19.1 Å². The lowest BCUT2D eigenvalue weighted by Gasteiger charge is -2.34. The normalized spacial score (nSPS) is 14.6. The molecule has 2 aromatic rings. The molecule has 4 N–H and O–H groups in total. The average molecular weight is 544 g/mol. The molecule has 2 heterocycles. The summed E-state index contributed by atoms with van der Waals surface area (Å²) in [5.74, 6) is -2.06. The van der Waals surface area contributed by atoms with E-state index in [0.717, 1.165) is 57.1 Å². The molecule has 0 spiro atoms. The summed E-state index contributed by atoms with van der Waals surface area (Å²) < 4.78 is 23.6. The highest BCUT2D eigenvalue weighted by atomic mass is 35.5. The van der Waals surface area contributed by atoms with E-state index in [4.69, 9.17) is 21.4 Å². The molecule has 0 unspecified atom stereocenters. The van der Waals surface area contributed by atoms with Crippen molar-refractivity contribution >= 4 is 40.1 Å². The number of anilines is 1. The van der Waals surface area contributed by atoms with E-state index in [0.29, 0.717) is 23.7 Å². The number of nitrogens with zero attached hydrogens (tertiary/aromatic N) is 3. The molecule has 198 valence electrons. The van der Waals surface area contributed by atoms with Crippen LogP contribution in [0.5, 0.6) is 5.88 Å². The molecule has 3 rings (SSSR count). The van der Waals surface area contributed by atoms with Gasteiger partial charge in [0, 0.05) is 49.9 Å². The molecular formula is C23H31ClFN5O5S. The number of amides is 2. The Hall–Kier alpha value is -2.51. The second kappa shape index (κ2) is 13.7. The maximum absolute atomic E-state index is 14.1. The Balaban J connectivity index is 1.43. The SMILES string of the molecule is Cc1cc(F)c(COc2nsc(NC(=O)NCCCCN3CCN(CCO)CC3)c2C(=O)O)cc1Cl. The summed E-state index contributed by atoms with van der Waals surface area (Å²) in [4.78, 5) is 28.6. The van der Waals surface area contributed by atoms with Crippen molar-refractivity contribution in [2.75, 3.05) is 57.7 Å². The van der Waals surface area contributed by atoms with Crippen LogP contribution in [0.1, 0.15) is 34.3 Å². The zero-order chi connectivity index (χ0) is 26.1. The van der Waals surface area contributed by atoms with Crippen molar-refractivity contribution in [3.8, 4) is 5.88 Å². The number of hydrogen-bond acceptors (Lipinski definition) is 8. The summed E-state index contributed by atoms with van der Waals surface area (Å²) in [6.07, 6.45) is 1.69. The van der Waals surface area contributed by atoms with Gasteiger partial charge in [-0.1, -0.05) is 11.6 Å². The monoisotopic (exact) mass is 543 g/mol. The first-order valence-corrected chi connectivity index (χ1v) is 12.8. The number of aliphatic hydroxyl groups excluding tert-OH is 1. The number of urea groups is 1. The predicted molar refractivity (Wildman–Crippen MR) is 136 cm³/mol. The molecule has 0 radical (unpaired) electrons. The molecule has 0 atom stereocenters. The molecule has 0 bridgehead atoms. The summed E-state index contributed by atoms with van der Waals surface area (Å²) >= 11 is 6.80. The van der Waals surface area contributed by atoms with E-state index in [1.165, 1.54) is 12.1 Å². The third-order valence-corrected chi connectivity index (χ3v) is 7.01. The van der Waals surface area contributed by atoms with Crippen LogP contribution in [0.2, 0.25) is 5.02 Å². The number of carboxylic acids is 1. The van der Waals surface area contributed by atoms with Gasteiger partial charge in [0.25, 0.3) is 0 Å². The predicted octanol–water partition coefficient (Wildman–Crippen LogP) is 3.03. The molecule has 0 saturated carbocycles. The first kappa shape index (κ1) is 28.1. The number of unbranched alkanes of at least 4 members (excludes halogenated alkanes) is 1. The largest absolute Gasteiger partial charge is 0.477 e. The molecule has 0 aliphatic carbocycles. The molecule has 2 amide bonds. The van der Waals surface area contributed by atoms with Gasteiger partial charge >= 0.3 is 12.0 Å². The lowest BCUT2D eigenvalue weighted by atomic mass is 10.1. The number of carbonyl (C=O) groups excluding carboxylic acids is 1. The number of β-amino-alcohol motifs (C(OH)–C–C–N with tert-alkyl or cyclic N) is 1. The molecule has 1 fully saturated rings. The van der Waals surface area contributed by atoms with Crippen LogP contribution in [-0.4, -0.2) is 88.8 Å². The Morgan fingerprint density at radius 3 is 2.56 bits per heavy atom. The Bertz CT molecular complexity index is 1050. The molecule has 1 saturated heterocycles. The number of benzene rings is 1. The van der Waals surface area contributed by atoms with Gasteiger partial charge in [-0.05, 0) is 55.5 Å². The highest BCUT2D eigenvalue weighted by molar-refractivity contribution is 7.11. The van der Waals surface area contributed by atoms with Crippen molar-refractivity contribution in [1.29, 1.82) is 0 Å². The first-order chi connectivity index (χ1) is 17.3. The second-order valence-electron chi connectivity index (χ2n) is 8.47. The van der Waals surface area contributed by atoms with Gasteiger partial charge in [0.1, 0.15) is 17.4 Å². The minimum absolute atomic E-state index is 0.0261. The first-order valence-electron chi connectivity index (χ1n) is 11.7. The van der Waals surface area contributed by atoms with Crippen LogP contribution in [0.25, 0.3) is 0 Å². The topological polar surface area (TPSA) is 127 Å². The van der Waals surface area contributed by atoms with Gasteiger partial charge in [0.05, 0.1) is 6.61 Å². The number of aryl methyl sites for hydroxylation is 1. The van der Waals surface area contributed by atoms with Crippen LogP contribution >= 0.6 is 23.1 Å². The number of aromatic carboxylic acids is 1. The van der Waals surface area contributed by atoms with Gasteiger partial charge in [0.2, 0.25) is 5.88 Å². The number of carbonyl (C=O) groups is 2. The fourth-order valence-electron chi connectivity index (χ4n) is 3.78. The van der Waals surface area contributed by atoms with Crippen molar-refractivity contribution in [1.82, 2.24) is 19.5 Å². The van der Waals surface area contributed by atoms with E-state index in [2.05, 4.69) is 24.8 Å². The summed E-state index contributed by atoms with van der Waals surface area (Å²) in [5.41, 5.74) is 0.440. The lowest BCUT2D eigenvalue weighted by molar-refractivity contribution is 0.0693. The van der Waals surface area contributed by atoms with E-state index >= 15 is 0 Å². The zero-order valence-corrected chi connectivity index (χ0v) is 21.6. The van der Waals surface area contributed by atoms with Gasteiger partial charge in [-0.25, -0.2) is 14.0 Å². The molecule has 36 heavy (non-hydrogen) atoms. The molecule has 1 aromatic heterocycles. The maximum Gasteiger partial charge on any atom is 0.344 e. The second-order valence-corrected chi connectivity index (χ2v) is 9.65. The third kappa shape index (κ3) is 8.00. The summed E-state index contributed by atoms with van der Waals surface area (Å²) in [7, 11) is 0. The van der Waals surface area contributed by atoms with Crippen molar-refractivity contribution in [3.05, 3.63) is 39.7 Å². The summed E-state index contributed by atoms with van der Waals surface area (Å²) in [6, 6.07) is 2.15. The van der Waals surface area contributed by atoms with Crippen molar-refractivity contribution in [3.63, 3.8) is 0 Å². The number of halogens is 2. The smallest absolute Gasteiger partial charge is 0.344 e. The van der Waals surface area contributed by atoms with Crippen molar-refractivity contribution in [2.45, 2.75) is 26.4 Å². The lowest BCUT2D eigenvalue weighted by Crippen LogP contribution is -2.47. The number of aromatic nitrogens is 1. The highest BCUT2D eigenvalue weighted by Crippen LogP contribution is 2.31. The zero-order valence-electron chi connectivity index (χ0n) is 20.1. The molecule has 1 aliphatic heterocycles. The standard InChI is InChI=1S/C23H31ClFN5O5S/c1-15-12-18(25)16(13-17(15)24)14-35-20-19(22(32)33)21(36-28-20)27-23(34)26-4-2-3-5-29-6-8-30(9-7-29)10-11-31/h12-13,31H,2-11,14H2,1H3,(H,32,33)(H2,26,27,34). The molecule has 13 heteroatoms. The molecule has 1 aliphatic rings. The van der Waals surface area contributed by atoms with Gasteiger partial charge < -0.3 is 25.2 Å². The van der Waals surface area contributed by atoms with E-state index < -0.39 is 17.8 Å². The number of ether oxygens (including phenoxy) is 1. The van der Waals surface area contributed by atoms with Crippen LogP contribution in [0.15, 0.2) is 12.1 Å². The number of carboxylic acid groups (broad SMARTS) is 1. The van der Waals surface area contributed by atoms with Crippen molar-refractivity contribution in [2.24, 2.45) is 0 Å². The number of hydrogen-bond donors (Lipinski definition) is 4. The van der Waals surface area contributed by atoms with Crippen LogP contribution in [0.3, 0.4) is 0 Å². The van der Waals surface area contributed by atoms with Crippen LogP contribution in [0, 0.1) is 12.7 Å². The average Bonchev–Trinajstić information content (AvgIpc) is 3.24. The fourth-order valence-corrected chi connectivity index (χ4v) is 4.69. The summed E-state index contributed by atoms with van der Waals surface area (Å²) in [5, 5.41) is 24.2. The van der Waals surface area contributed by atoms with Gasteiger partial charge in [-0.3, -0.25) is 10.2 Å². The summed E-state index contributed by atoms with van der Waals surface area (Å²) in [6.45, 7) is 7.49. The maximum atomic E-state index is 14.1. The quantitative estimate of drug-likeness (QED) is 0.301. The Morgan fingerprint density at radius 1 is 1.19 bits per heavy atom. The Labute approximate surface area is 218 Å². The number of piperazine rings is 1. The molecule has 10 nitrogen and oxygen atoms in total. The van der Waals surface area contributed by atoms with Gasteiger partial charge in [-0.15, -0.1) is 0 Å². The van der Waals surface area contributed by atoms with Gasteiger partial charge in [0.15, 0.2) is 5.56 Å². The van der Waals surface area contributed by atoms with Crippen LogP contribution in [-0.2, 0) is 6.61 Å². The van der Waals surface area contributed by atoms with E-state index in [1.807, 2.05) is 0 Å². The molecule has 1 aromatic carbocycles. The number of rotatable bonds is 12. The molecular weight excluding hydrogens is 513 g/mol. The highest BCUT2D eigenvalue weighted by Gasteiger charge is 2.24. The third-order valence-electron chi connectivity index (χ3n) is 5.86.